The maximum Gasteiger partial charge on any atom is 0.258 e. The summed E-state index contributed by atoms with van der Waals surface area (Å²) in [6.45, 7) is 4.02. The number of hydrogen-bond acceptors (Lipinski definition) is 3. The van der Waals surface area contributed by atoms with Crippen LogP contribution in [-0.4, -0.2) is 31.6 Å². The summed E-state index contributed by atoms with van der Waals surface area (Å²) in [4.78, 5) is 11.8. The molecule has 1 amide bonds. The van der Waals surface area contributed by atoms with Crippen LogP contribution in [0.25, 0.3) is 0 Å². The van der Waals surface area contributed by atoms with Gasteiger partial charge in [0.1, 0.15) is 5.75 Å². The van der Waals surface area contributed by atoms with E-state index in [2.05, 4.69) is 17.6 Å². The molecule has 0 saturated carbocycles. The third kappa shape index (κ3) is 4.11. The third-order valence-electron chi connectivity index (χ3n) is 3.33. The molecular weight excluding hydrogens is 264 g/mol. The highest BCUT2D eigenvalue weighted by Crippen LogP contribution is 2.22. The fourth-order valence-corrected chi connectivity index (χ4v) is 2.37. The number of rotatable bonds is 4. The second kappa shape index (κ2) is 6.78. The summed E-state index contributed by atoms with van der Waals surface area (Å²) in [6, 6.07) is 7.37. The van der Waals surface area contributed by atoms with Crippen LogP contribution in [0.15, 0.2) is 24.3 Å². The molecule has 0 spiro atoms. The van der Waals surface area contributed by atoms with Crippen LogP contribution in [0.4, 0.5) is 0 Å². The minimum Gasteiger partial charge on any atom is -0.482 e. The molecule has 1 saturated heterocycles. The van der Waals surface area contributed by atoms with E-state index >= 15 is 0 Å². The van der Waals surface area contributed by atoms with Gasteiger partial charge in [-0.15, -0.1) is 0 Å². The van der Waals surface area contributed by atoms with E-state index in [-0.39, 0.29) is 18.6 Å². The lowest BCUT2D eigenvalue weighted by Gasteiger charge is -2.30. The van der Waals surface area contributed by atoms with Gasteiger partial charge in [-0.05, 0) is 37.6 Å². The van der Waals surface area contributed by atoms with Crippen molar-refractivity contribution in [2.45, 2.75) is 19.4 Å². The van der Waals surface area contributed by atoms with E-state index in [1.807, 2.05) is 12.1 Å². The molecule has 19 heavy (non-hydrogen) atoms. The Balaban J connectivity index is 1.80. The number of ether oxygens (including phenoxy) is 1. The van der Waals surface area contributed by atoms with Crippen molar-refractivity contribution in [3.63, 3.8) is 0 Å². The molecule has 0 aliphatic carbocycles. The first-order valence-corrected chi connectivity index (χ1v) is 6.92. The van der Waals surface area contributed by atoms with Gasteiger partial charge in [-0.25, -0.2) is 0 Å². The standard InChI is InChI=1S/C14H19ClN2O2/c1-10-8-16-7-6-12(10)17-14(18)9-19-13-5-3-2-4-11(13)15/h2-5,10,12,16H,6-9H2,1H3,(H,17,18). The second-order valence-corrected chi connectivity index (χ2v) is 5.27. The molecule has 104 valence electrons. The quantitative estimate of drug-likeness (QED) is 0.886. The van der Waals surface area contributed by atoms with Crippen molar-refractivity contribution >= 4 is 17.5 Å². The molecule has 2 N–H and O–H groups in total. The van der Waals surface area contributed by atoms with Gasteiger partial charge in [0.2, 0.25) is 0 Å². The zero-order valence-electron chi connectivity index (χ0n) is 11.0. The molecule has 0 radical (unpaired) electrons. The van der Waals surface area contributed by atoms with E-state index in [0.29, 0.717) is 16.7 Å². The molecule has 1 aromatic rings. The van der Waals surface area contributed by atoms with Crippen molar-refractivity contribution in [1.29, 1.82) is 0 Å². The van der Waals surface area contributed by atoms with Gasteiger partial charge in [0.15, 0.2) is 6.61 Å². The zero-order valence-corrected chi connectivity index (χ0v) is 11.7. The molecule has 2 atom stereocenters. The zero-order chi connectivity index (χ0) is 13.7. The average molecular weight is 283 g/mol. The van der Waals surface area contributed by atoms with Crippen molar-refractivity contribution in [2.24, 2.45) is 5.92 Å². The predicted octanol–water partition coefficient (Wildman–Crippen LogP) is 1.83. The van der Waals surface area contributed by atoms with Gasteiger partial charge < -0.3 is 15.4 Å². The Labute approximate surface area is 118 Å². The number of carbonyl (C=O) groups is 1. The number of carbonyl (C=O) groups excluding carboxylic acids is 1. The van der Waals surface area contributed by atoms with Crippen molar-refractivity contribution < 1.29 is 9.53 Å². The summed E-state index contributed by atoms with van der Waals surface area (Å²) in [5, 5.41) is 6.83. The Hall–Kier alpha value is -1.26. The molecule has 1 aromatic carbocycles. The number of benzene rings is 1. The van der Waals surface area contributed by atoms with Gasteiger partial charge in [-0.3, -0.25) is 4.79 Å². The molecule has 1 aliphatic heterocycles. The summed E-state index contributed by atoms with van der Waals surface area (Å²) >= 11 is 5.96. The Bertz CT molecular complexity index is 439. The van der Waals surface area contributed by atoms with E-state index in [4.69, 9.17) is 16.3 Å². The topological polar surface area (TPSA) is 50.4 Å². The van der Waals surface area contributed by atoms with Crippen LogP contribution < -0.4 is 15.4 Å². The normalized spacial score (nSPS) is 22.8. The first-order chi connectivity index (χ1) is 9.16. The summed E-state index contributed by atoms with van der Waals surface area (Å²) in [7, 11) is 0. The van der Waals surface area contributed by atoms with Crippen LogP contribution in [0, 0.1) is 5.92 Å². The Morgan fingerprint density at radius 1 is 1.53 bits per heavy atom. The van der Waals surface area contributed by atoms with Crippen molar-refractivity contribution in [2.75, 3.05) is 19.7 Å². The lowest BCUT2D eigenvalue weighted by Crippen LogP contribution is -2.49. The number of hydrogen-bond donors (Lipinski definition) is 2. The Morgan fingerprint density at radius 3 is 3.05 bits per heavy atom. The molecule has 1 fully saturated rings. The molecule has 0 aromatic heterocycles. The molecule has 1 aliphatic rings. The van der Waals surface area contributed by atoms with Crippen LogP contribution in [0.5, 0.6) is 5.75 Å². The highest BCUT2D eigenvalue weighted by molar-refractivity contribution is 6.32. The molecule has 0 bridgehead atoms. The lowest BCUT2D eigenvalue weighted by molar-refractivity contribution is -0.124. The summed E-state index contributed by atoms with van der Waals surface area (Å²) in [5.41, 5.74) is 0. The SMILES string of the molecule is CC1CNCCC1NC(=O)COc1ccccc1Cl. The molecule has 5 heteroatoms. The van der Waals surface area contributed by atoms with E-state index in [1.165, 1.54) is 0 Å². The number of nitrogens with one attached hydrogen (secondary N) is 2. The highest BCUT2D eigenvalue weighted by Gasteiger charge is 2.22. The first-order valence-electron chi connectivity index (χ1n) is 6.54. The fraction of sp³-hybridized carbons (Fsp3) is 0.500. The van der Waals surface area contributed by atoms with E-state index in [9.17, 15) is 4.79 Å². The maximum absolute atomic E-state index is 11.8. The van der Waals surface area contributed by atoms with Gasteiger partial charge in [0, 0.05) is 6.04 Å². The van der Waals surface area contributed by atoms with Crippen LogP contribution in [-0.2, 0) is 4.79 Å². The largest absolute Gasteiger partial charge is 0.482 e. The van der Waals surface area contributed by atoms with Crippen molar-refractivity contribution in [3.8, 4) is 5.75 Å². The predicted molar refractivity (Wildman–Crippen MR) is 75.5 cm³/mol. The van der Waals surface area contributed by atoms with Gasteiger partial charge in [0.05, 0.1) is 5.02 Å². The van der Waals surface area contributed by atoms with Crippen molar-refractivity contribution in [1.82, 2.24) is 10.6 Å². The maximum atomic E-state index is 11.8. The van der Waals surface area contributed by atoms with Gasteiger partial charge in [0.25, 0.3) is 5.91 Å². The van der Waals surface area contributed by atoms with Crippen molar-refractivity contribution in [3.05, 3.63) is 29.3 Å². The summed E-state index contributed by atoms with van der Waals surface area (Å²) in [5.74, 6) is 0.884. The van der Waals surface area contributed by atoms with Gasteiger partial charge in [-0.2, -0.15) is 0 Å². The molecule has 4 nitrogen and oxygen atoms in total. The monoisotopic (exact) mass is 282 g/mol. The molecular formula is C14H19ClN2O2. The van der Waals surface area contributed by atoms with Crippen LogP contribution >= 0.6 is 11.6 Å². The second-order valence-electron chi connectivity index (χ2n) is 4.86. The smallest absolute Gasteiger partial charge is 0.258 e. The third-order valence-corrected chi connectivity index (χ3v) is 3.64. The Morgan fingerprint density at radius 2 is 2.32 bits per heavy atom. The number of halogens is 1. The van der Waals surface area contributed by atoms with E-state index in [0.717, 1.165) is 19.5 Å². The molecule has 2 unspecified atom stereocenters. The van der Waals surface area contributed by atoms with Gasteiger partial charge >= 0.3 is 0 Å². The number of para-hydroxylation sites is 1. The fourth-order valence-electron chi connectivity index (χ4n) is 2.18. The van der Waals surface area contributed by atoms with Crippen LogP contribution in [0.2, 0.25) is 5.02 Å². The average Bonchev–Trinajstić information content (AvgIpc) is 2.40. The number of piperidine rings is 1. The lowest BCUT2D eigenvalue weighted by atomic mass is 9.95. The summed E-state index contributed by atoms with van der Waals surface area (Å²) in [6.07, 6.45) is 0.957. The minimum absolute atomic E-state index is 0.000379. The molecule has 2 rings (SSSR count). The summed E-state index contributed by atoms with van der Waals surface area (Å²) < 4.78 is 5.42. The minimum atomic E-state index is -0.0985. The first kappa shape index (κ1) is 14.2. The van der Waals surface area contributed by atoms with Crippen LogP contribution in [0.3, 0.4) is 0 Å². The highest BCUT2D eigenvalue weighted by atomic mass is 35.5. The Kier molecular flexibility index (Phi) is 5.05. The van der Waals surface area contributed by atoms with Crippen LogP contribution in [0.1, 0.15) is 13.3 Å². The van der Waals surface area contributed by atoms with E-state index in [1.54, 1.807) is 12.1 Å². The van der Waals surface area contributed by atoms with E-state index < -0.39 is 0 Å². The molecule has 1 heterocycles. The number of amides is 1. The van der Waals surface area contributed by atoms with Gasteiger partial charge in [-0.1, -0.05) is 30.7 Å².